The summed E-state index contributed by atoms with van der Waals surface area (Å²) in [7, 11) is 0. The molecule has 16 heavy (non-hydrogen) atoms. The molecule has 1 saturated carbocycles. The van der Waals surface area contributed by atoms with Crippen LogP contribution in [0.3, 0.4) is 0 Å². The number of benzene rings is 1. The van der Waals surface area contributed by atoms with E-state index in [0.29, 0.717) is 5.92 Å². The molecule has 1 aliphatic rings. The normalized spacial score (nSPS) is 15.3. The fourth-order valence-electron chi connectivity index (χ4n) is 1.92. The van der Waals surface area contributed by atoms with Crippen molar-refractivity contribution >= 4 is 15.9 Å². The number of nitrogens with one attached hydrogen (secondary N) is 1. The van der Waals surface area contributed by atoms with Crippen LogP contribution >= 0.6 is 15.9 Å². The summed E-state index contributed by atoms with van der Waals surface area (Å²) in [6.45, 7) is 0. The lowest BCUT2D eigenvalue weighted by molar-refractivity contribution is 0.796. The fraction of sp³-hybridized carbons (Fsp3) is 0.250. The van der Waals surface area contributed by atoms with Crippen molar-refractivity contribution in [2.45, 2.75) is 18.8 Å². The van der Waals surface area contributed by atoms with Crippen molar-refractivity contribution < 1.29 is 0 Å². The number of aromatic amines is 1. The van der Waals surface area contributed by atoms with E-state index in [-0.39, 0.29) is 5.56 Å². The largest absolute Gasteiger partial charge is 0.268 e. The lowest BCUT2D eigenvalue weighted by atomic mass is 10.2. The molecule has 82 valence electrons. The highest BCUT2D eigenvalue weighted by Crippen LogP contribution is 2.40. The number of hydrogen-bond acceptors (Lipinski definition) is 1. The van der Waals surface area contributed by atoms with E-state index in [1.54, 1.807) is 6.07 Å². The zero-order chi connectivity index (χ0) is 11.1. The number of nitrogens with zero attached hydrogens (tertiary/aromatic N) is 1. The molecule has 0 bridgehead atoms. The first-order valence-electron chi connectivity index (χ1n) is 5.32. The number of hydrogen-bond donors (Lipinski definition) is 1. The first kappa shape index (κ1) is 9.90. The monoisotopic (exact) mass is 278 g/mol. The van der Waals surface area contributed by atoms with Crippen LogP contribution in [0, 0.1) is 0 Å². The van der Waals surface area contributed by atoms with Crippen molar-refractivity contribution in [1.82, 2.24) is 9.78 Å². The van der Waals surface area contributed by atoms with E-state index < -0.39 is 0 Å². The fourth-order valence-corrected chi connectivity index (χ4v) is 2.38. The van der Waals surface area contributed by atoms with Crippen LogP contribution in [0.4, 0.5) is 0 Å². The lowest BCUT2D eigenvalue weighted by Gasteiger charge is -2.09. The van der Waals surface area contributed by atoms with Crippen molar-refractivity contribution in [1.29, 1.82) is 0 Å². The van der Waals surface area contributed by atoms with Gasteiger partial charge in [-0.2, -0.15) is 0 Å². The number of para-hydroxylation sites is 1. The van der Waals surface area contributed by atoms with Gasteiger partial charge in [-0.1, -0.05) is 12.1 Å². The first-order chi connectivity index (χ1) is 7.75. The summed E-state index contributed by atoms with van der Waals surface area (Å²) >= 11 is 3.50. The van der Waals surface area contributed by atoms with E-state index in [9.17, 15) is 4.79 Å². The second-order valence-electron chi connectivity index (χ2n) is 4.11. The number of H-pyrrole nitrogens is 1. The molecule has 0 aliphatic heterocycles. The summed E-state index contributed by atoms with van der Waals surface area (Å²) in [5, 5.41) is 2.85. The zero-order valence-corrected chi connectivity index (χ0v) is 10.2. The van der Waals surface area contributed by atoms with Crippen LogP contribution in [0.25, 0.3) is 5.69 Å². The van der Waals surface area contributed by atoms with Gasteiger partial charge in [-0.3, -0.25) is 14.6 Å². The third-order valence-corrected chi connectivity index (χ3v) is 3.52. The number of halogens is 1. The van der Waals surface area contributed by atoms with E-state index >= 15 is 0 Å². The molecule has 1 aromatic carbocycles. The molecule has 0 radical (unpaired) electrons. The molecule has 0 saturated heterocycles. The molecule has 4 heteroatoms. The molecule has 3 nitrogen and oxygen atoms in total. The molecule has 1 fully saturated rings. The van der Waals surface area contributed by atoms with E-state index in [1.807, 2.05) is 28.9 Å². The van der Waals surface area contributed by atoms with Gasteiger partial charge in [0, 0.05) is 22.2 Å². The summed E-state index contributed by atoms with van der Waals surface area (Å²) in [5.74, 6) is 0.547. The predicted molar refractivity (Wildman–Crippen MR) is 66.1 cm³/mol. The van der Waals surface area contributed by atoms with Crippen LogP contribution in [-0.2, 0) is 0 Å². The smallest absolute Gasteiger partial charge is 0.264 e. The Morgan fingerprint density at radius 3 is 2.75 bits per heavy atom. The molecule has 0 atom stereocenters. The van der Waals surface area contributed by atoms with Gasteiger partial charge in [0.1, 0.15) is 0 Å². The number of aromatic nitrogens is 2. The predicted octanol–water partition coefficient (Wildman–Crippen LogP) is 2.81. The van der Waals surface area contributed by atoms with Crippen LogP contribution < -0.4 is 5.56 Å². The summed E-state index contributed by atoms with van der Waals surface area (Å²) < 4.78 is 2.88. The summed E-state index contributed by atoms with van der Waals surface area (Å²) in [6, 6.07) is 9.61. The van der Waals surface area contributed by atoms with E-state index in [4.69, 9.17) is 0 Å². The first-order valence-corrected chi connectivity index (χ1v) is 6.12. The maximum Gasteiger partial charge on any atom is 0.264 e. The van der Waals surface area contributed by atoms with Crippen LogP contribution in [-0.4, -0.2) is 9.78 Å². The van der Waals surface area contributed by atoms with Gasteiger partial charge in [-0.15, -0.1) is 0 Å². The molecule has 2 aromatic rings. The average Bonchev–Trinajstić information content (AvgIpc) is 3.03. The van der Waals surface area contributed by atoms with Crippen molar-refractivity contribution in [2.75, 3.05) is 0 Å². The topological polar surface area (TPSA) is 37.8 Å². The quantitative estimate of drug-likeness (QED) is 0.901. The Morgan fingerprint density at radius 1 is 1.31 bits per heavy atom. The molecular formula is C12H11BrN2O. The summed E-state index contributed by atoms with van der Waals surface area (Å²) in [6.07, 6.45) is 2.36. The molecule has 0 amide bonds. The van der Waals surface area contributed by atoms with Gasteiger partial charge in [-0.25, -0.2) is 0 Å². The third kappa shape index (κ3) is 1.63. The maximum atomic E-state index is 11.4. The van der Waals surface area contributed by atoms with Gasteiger partial charge in [0.2, 0.25) is 0 Å². The zero-order valence-electron chi connectivity index (χ0n) is 8.61. The second-order valence-corrected chi connectivity index (χ2v) is 4.96. The Bertz CT molecular complexity index is 581. The highest BCUT2D eigenvalue weighted by atomic mass is 79.9. The van der Waals surface area contributed by atoms with Crippen molar-refractivity contribution in [3.8, 4) is 5.69 Å². The standard InChI is InChI=1S/C12H11BrN2O/c13-9-3-1-2-4-10(9)15-11(8-5-6-8)7-12(16)14-15/h1-4,7-8H,5-6H2,(H,14,16). The minimum absolute atomic E-state index is 0.0300. The lowest BCUT2D eigenvalue weighted by Crippen LogP contribution is -2.05. The Kier molecular flexibility index (Phi) is 2.24. The highest BCUT2D eigenvalue weighted by Gasteiger charge is 2.28. The van der Waals surface area contributed by atoms with E-state index in [0.717, 1.165) is 15.9 Å². The van der Waals surface area contributed by atoms with Crippen molar-refractivity contribution in [3.63, 3.8) is 0 Å². The van der Waals surface area contributed by atoms with Gasteiger partial charge in [-0.05, 0) is 40.9 Å². The molecular weight excluding hydrogens is 268 g/mol. The van der Waals surface area contributed by atoms with E-state index in [1.165, 1.54) is 12.8 Å². The molecule has 1 N–H and O–H groups in total. The van der Waals surface area contributed by atoms with Crippen LogP contribution in [0.15, 0.2) is 39.6 Å². The summed E-state index contributed by atoms with van der Waals surface area (Å²) in [4.78, 5) is 11.4. The van der Waals surface area contributed by atoms with Gasteiger partial charge >= 0.3 is 0 Å². The minimum Gasteiger partial charge on any atom is -0.268 e. The van der Waals surface area contributed by atoms with Crippen molar-refractivity contribution in [2.24, 2.45) is 0 Å². The summed E-state index contributed by atoms with van der Waals surface area (Å²) in [5.41, 5.74) is 2.06. The van der Waals surface area contributed by atoms with Crippen LogP contribution in [0.5, 0.6) is 0 Å². The Morgan fingerprint density at radius 2 is 2.06 bits per heavy atom. The third-order valence-electron chi connectivity index (χ3n) is 2.85. The van der Waals surface area contributed by atoms with Gasteiger partial charge in [0.15, 0.2) is 0 Å². The Balaban J connectivity index is 2.19. The molecule has 3 rings (SSSR count). The van der Waals surface area contributed by atoms with Crippen LogP contribution in [0.2, 0.25) is 0 Å². The van der Waals surface area contributed by atoms with Crippen LogP contribution in [0.1, 0.15) is 24.5 Å². The highest BCUT2D eigenvalue weighted by molar-refractivity contribution is 9.10. The molecule has 1 aliphatic carbocycles. The molecule has 1 heterocycles. The molecule has 0 unspecified atom stereocenters. The van der Waals surface area contributed by atoms with Gasteiger partial charge in [0.05, 0.1) is 5.69 Å². The van der Waals surface area contributed by atoms with Gasteiger partial charge in [0.25, 0.3) is 5.56 Å². The Hall–Kier alpha value is -1.29. The second kappa shape index (κ2) is 3.63. The molecule has 1 aromatic heterocycles. The Labute approximate surface area is 101 Å². The van der Waals surface area contributed by atoms with Gasteiger partial charge < -0.3 is 0 Å². The molecule has 0 spiro atoms. The minimum atomic E-state index is -0.0300. The number of rotatable bonds is 2. The van der Waals surface area contributed by atoms with E-state index in [2.05, 4.69) is 21.0 Å². The van der Waals surface area contributed by atoms with Crippen molar-refractivity contribution in [3.05, 3.63) is 50.9 Å². The maximum absolute atomic E-state index is 11.4. The SMILES string of the molecule is O=c1cc(C2CC2)n(-c2ccccc2Br)[nH]1. The average molecular weight is 279 g/mol.